The fraction of sp³-hybridized carbons (Fsp3) is 0.167. The average Bonchev–Trinajstić information content (AvgIpc) is 2.75. The van der Waals surface area contributed by atoms with Crippen LogP contribution < -0.4 is 5.73 Å². The number of nitrogens with zero attached hydrogens (tertiary/aromatic N) is 1. The largest absolute Gasteiger partial charge is 0.346 e. The van der Waals surface area contributed by atoms with Gasteiger partial charge in [0.25, 0.3) is 0 Å². The molecule has 2 nitrogen and oxygen atoms in total. The number of aromatic nitrogens is 1. The molecule has 0 bridgehead atoms. The minimum atomic E-state index is -0.220. The molecule has 0 amide bonds. The minimum Gasteiger partial charge on any atom is -0.346 e. The lowest BCUT2D eigenvalue weighted by Crippen LogP contribution is -2.19. The first-order valence-corrected chi connectivity index (χ1v) is 4.89. The van der Waals surface area contributed by atoms with E-state index in [-0.39, 0.29) is 11.9 Å². The molecule has 0 aliphatic carbocycles. The summed E-state index contributed by atoms with van der Waals surface area (Å²) in [5.41, 5.74) is 6.74. The third-order valence-electron chi connectivity index (χ3n) is 2.47. The van der Waals surface area contributed by atoms with E-state index in [1.807, 2.05) is 29.1 Å². The third kappa shape index (κ3) is 2.07. The molecular formula is C12H13FN2. The second-order valence-corrected chi connectivity index (χ2v) is 3.43. The van der Waals surface area contributed by atoms with Crippen LogP contribution in [0, 0.1) is 5.82 Å². The lowest BCUT2D eigenvalue weighted by atomic mass is 10.1. The number of hydrogen-bond acceptors (Lipinski definition) is 1. The van der Waals surface area contributed by atoms with Gasteiger partial charge in [-0.15, -0.1) is 0 Å². The number of nitrogens with two attached hydrogens (primary N) is 1. The van der Waals surface area contributed by atoms with Gasteiger partial charge >= 0.3 is 0 Å². The first kappa shape index (κ1) is 9.93. The van der Waals surface area contributed by atoms with E-state index < -0.39 is 0 Å². The molecule has 0 fully saturated rings. The van der Waals surface area contributed by atoms with Gasteiger partial charge < -0.3 is 10.3 Å². The quantitative estimate of drug-likeness (QED) is 0.816. The zero-order chi connectivity index (χ0) is 10.7. The van der Waals surface area contributed by atoms with Crippen LogP contribution in [-0.2, 0) is 0 Å². The molecule has 0 spiro atoms. The molecule has 0 saturated heterocycles. The molecule has 2 rings (SSSR count). The Bertz CT molecular complexity index is 406. The molecule has 2 aromatic rings. The second kappa shape index (κ2) is 4.28. The molecule has 78 valence electrons. The summed E-state index contributed by atoms with van der Waals surface area (Å²) in [4.78, 5) is 0. The van der Waals surface area contributed by atoms with Crippen molar-refractivity contribution in [2.75, 3.05) is 6.54 Å². The Hall–Kier alpha value is -1.61. The van der Waals surface area contributed by atoms with Crippen molar-refractivity contribution in [1.29, 1.82) is 0 Å². The van der Waals surface area contributed by atoms with Gasteiger partial charge in [-0.1, -0.05) is 12.1 Å². The minimum absolute atomic E-state index is 0.0839. The van der Waals surface area contributed by atoms with Crippen LogP contribution in [0.15, 0.2) is 48.8 Å². The Morgan fingerprint density at radius 2 is 1.73 bits per heavy atom. The smallest absolute Gasteiger partial charge is 0.123 e. The van der Waals surface area contributed by atoms with Crippen molar-refractivity contribution in [3.8, 4) is 0 Å². The normalized spacial score (nSPS) is 12.7. The highest BCUT2D eigenvalue weighted by molar-refractivity contribution is 5.21. The Morgan fingerprint density at radius 1 is 1.13 bits per heavy atom. The highest BCUT2D eigenvalue weighted by atomic mass is 19.1. The molecule has 1 aromatic carbocycles. The maximum absolute atomic E-state index is 12.8. The van der Waals surface area contributed by atoms with E-state index in [1.165, 1.54) is 12.1 Å². The van der Waals surface area contributed by atoms with Gasteiger partial charge in [-0.2, -0.15) is 0 Å². The summed E-state index contributed by atoms with van der Waals surface area (Å²) in [6.45, 7) is 0.500. The Balaban J connectivity index is 2.31. The fourth-order valence-corrected chi connectivity index (χ4v) is 1.67. The van der Waals surface area contributed by atoms with E-state index in [4.69, 9.17) is 5.73 Å². The van der Waals surface area contributed by atoms with Crippen molar-refractivity contribution in [2.24, 2.45) is 5.73 Å². The molecule has 0 aliphatic heterocycles. The molecule has 0 aliphatic rings. The van der Waals surface area contributed by atoms with Crippen LogP contribution in [0.2, 0.25) is 0 Å². The zero-order valence-electron chi connectivity index (χ0n) is 8.31. The summed E-state index contributed by atoms with van der Waals surface area (Å²) in [6, 6.07) is 10.4. The summed E-state index contributed by atoms with van der Waals surface area (Å²) in [6.07, 6.45) is 3.92. The van der Waals surface area contributed by atoms with Gasteiger partial charge in [0.15, 0.2) is 0 Å². The summed E-state index contributed by atoms with van der Waals surface area (Å²) >= 11 is 0. The molecule has 0 saturated carbocycles. The number of rotatable bonds is 3. The fourth-order valence-electron chi connectivity index (χ4n) is 1.67. The first-order valence-electron chi connectivity index (χ1n) is 4.89. The zero-order valence-corrected chi connectivity index (χ0v) is 8.31. The van der Waals surface area contributed by atoms with Crippen LogP contribution >= 0.6 is 0 Å². The van der Waals surface area contributed by atoms with Crippen molar-refractivity contribution in [2.45, 2.75) is 6.04 Å². The van der Waals surface area contributed by atoms with Gasteiger partial charge in [0, 0.05) is 18.9 Å². The van der Waals surface area contributed by atoms with Crippen molar-refractivity contribution in [1.82, 2.24) is 4.57 Å². The standard InChI is InChI=1S/C12H13FN2/c13-11-5-3-10(4-6-11)12(9-14)15-7-1-2-8-15/h1-8,12H,9,14H2. The van der Waals surface area contributed by atoms with E-state index in [9.17, 15) is 4.39 Å². The maximum Gasteiger partial charge on any atom is 0.123 e. The monoisotopic (exact) mass is 204 g/mol. The van der Waals surface area contributed by atoms with Gasteiger partial charge in [-0.05, 0) is 29.8 Å². The van der Waals surface area contributed by atoms with Crippen molar-refractivity contribution < 1.29 is 4.39 Å². The topological polar surface area (TPSA) is 30.9 Å². The van der Waals surface area contributed by atoms with Crippen molar-refractivity contribution in [3.05, 3.63) is 60.2 Å². The summed E-state index contributed by atoms with van der Waals surface area (Å²) in [5.74, 6) is -0.220. The molecule has 1 unspecified atom stereocenters. The number of hydrogen-bond donors (Lipinski definition) is 1. The predicted molar refractivity (Wildman–Crippen MR) is 58.0 cm³/mol. The Labute approximate surface area is 88.1 Å². The molecule has 0 radical (unpaired) electrons. The third-order valence-corrected chi connectivity index (χ3v) is 2.47. The van der Waals surface area contributed by atoms with E-state index >= 15 is 0 Å². The van der Waals surface area contributed by atoms with Gasteiger partial charge in [0.2, 0.25) is 0 Å². The van der Waals surface area contributed by atoms with Gasteiger partial charge in [0.05, 0.1) is 6.04 Å². The number of halogens is 1. The van der Waals surface area contributed by atoms with Gasteiger partial charge in [-0.25, -0.2) is 4.39 Å². The lowest BCUT2D eigenvalue weighted by Gasteiger charge is -2.17. The number of benzene rings is 1. The van der Waals surface area contributed by atoms with Crippen LogP contribution in [0.3, 0.4) is 0 Å². The van der Waals surface area contributed by atoms with Crippen LogP contribution in [0.4, 0.5) is 4.39 Å². The highest BCUT2D eigenvalue weighted by Gasteiger charge is 2.09. The molecule has 1 atom stereocenters. The van der Waals surface area contributed by atoms with Crippen LogP contribution in [0.25, 0.3) is 0 Å². The Kier molecular flexibility index (Phi) is 2.83. The van der Waals surface area contributed by atoms with Crippen LogP contribution in [0.1, 0.15) is 11.6 Å². The molecule has 3 heteroatoms. The van der Waals surface area contributed by atoms with E-state index in [0.717, 1.165) is 5.56 Å². The molecule has 1 aromatic heterocycles. The van der Waals surface area contributed by atoms with Gasteiger partial charge in [0.1, 0.15) is 5.82 Å². The summed E-state index contributed by atoms with van der Waals surface area (Å²) in [7, 11) is 0. The summed E-state index contributed by atoms with van der Waals surface area (Å²) < 4.78 is 14.8. The Morgan fingerprint density at radius 3 is 2.27 bits per heavy atom. The van der Waals surface area contributed by atoms with E-state index in [1.54, 1.807) is 12.1 Å². The maximum atomic E-state index is 12.8. The molecule has 1 heterocycles. The summed E-state index contributed by atoms with van der Waals surface area (Å²) in [5, 5.41) is 0. The van der Waals surface area contributed by atoms with Crippen molar-refractivity contribution in [3.63, 3.8) is 0 Å². The van der Waals surface area contributed by atoms with Crippen LogP contribution in [0.5, 0.6) is 0 Å². The lowest BCUT2D eigenvalue weighted by molar-refractivity contribution is 0.591. The van der Waals surface area contributed by atoms with E-state index in [0.29, 0.717) is 6.54 Å². The molecular weight excluding hydrogens is 191 g/mol. The van der Waals surface area contributed by atoms with Gasteiger partial charge in [-0.3, -0.25) is 0 Å². The second-order valence-electron chi connectivity index (χ2n) is 3.43. The molecule has 15 heavy (non-hydrogen) atoms. The predicted octanol–water partition coefficient (Wildman–Crippen LogP) is 2.18. The SMILES string of the molecule is NCC(c1ccc(F)cc1)n1cccc1. The average molecular weight is 204 g/mol. The van der Waals surface area contributed by atoms with Crippen molar-refractivity contribution >= 4 is 0 Å². The first-order chi connectivity index (χ1) is 7.31. The van der Waals surface area contributed by atoms with Crippen LogP contribution in [-0.4, -0.2) is 11.1 Å². The molecule has 2 N–H and O–H groups in total. The highest BCUT2D eigenvalue weighted by Crippen LogP contribution is 2.17. The van der Waals surface area contributed by atoms with E-state index in [2.05, 4.69) is 0 Å².